The Morgan fingerprint density at radius 2 is 1.47 bits per heavy atom. The summed E-state index contributed by atoms with van der Waals surface area (Å²) in [6.45, 7) is 16.0. The second-order valence-electron chi connectivity index (χ2n) is 9.22. The quantitative estimate of drug-likeness (QED) is 0.172. The number of carbonyl (C=O) groups excluding carboxylic acids is 2. The number of halogens is 1. The summed E-state index contributed by atoms with van der Waals surface area (Å²) in [6.07, 6.45) is -4.53. The summed E-state index contributed by atoms with van der Waals surface area (Å²) in [5.41, 5.74) is 1.04. The van der Waals surface area contributed by atoms with Gasteiger partial charge in [-0.05, 0) is 23.0 Å². The van der Waals surface area contributed by atoms with Crippen LogP contribution in [0.25, 0.3) is 0 Å². The molecule has 8 nitrogen and oxygen atoms in total. The van der Waals surface area contributed by atoms with Crippen molar-refractivity contribution >= 4 is 36.2 Å². The van der Waals surface area contributed by atoms with Crippen LogP contribution in [-0.4, -0.2) is 74.6 Å². The van der Waals surface area contributed by atoms with Crippen molar-refractivity contribution < 1.29 is 38.1 Å². The lowest BCUT2D eigenvalue weighted by Gasteiger charge is -2.46. The Kier molecular flexibility index (Phi) is 12.3. The molecule has 188 valence electrons. The third-order valence-corrected chi connectivity index (χ3v) is 12.6. The summed E-state index contributed by atoms with van der Waals surface area (Å²) < 4.78 is 29.3. The molecule has 0 aliphatic carbocycles. The van der Waals surface area contributed by atoms with Crippen LogP contribution in [0.2, 0.25) is 16.6 Å². The Morgan fingerprint density at radius 1 is 0.969 bits per heavy atom. The molecule has 0 bridgehead atoms. The van der Waals surface area contributed by atoms with Gasteiger partial charge < -0.3 is 28.5 Å². The van der Waals surface area contributed by atoms with Crippen LogP contribution in [0, 0.1) is 0 Å². The van der Waals surface area contributed by atoms with E-state index in [0.29, 0.717) is 29.7 Å². The van der Waals surface area contributed by atoms with Crippen molar-refractivity contribution in [1.82, 2.24) is 0 Å². The summed E-state index contributed by atoms with van der Waals surface area (Å²) in [4.78, 5) is 23.6. The van der Waals surface area contributed by atoms with Crippen LogP contribution < -0.4 is 0 Å². The van der Waals surface area contributed by atoms with Crippen molar-refractivity contribution in [2.24, 2.45) is 0 Å². The van der Waals surface area contributed by atoms with Crippen molar-refractivity contribution in [2.75, 3.05) is 18.5 Å². The molecule has 0 saturated carbocycles. The highest BCUT2D eigenvalue weighted by Gasteiger charge is 2.52. The molecule has 5 atom stereocenters. The molecule has 1 N–H and O–H groups in total. The molecular formula is C22H41BrO8Si. The number of aliphatic hydroxyl groups is 1. The maximum Gasteiger partial charge on any atom is 0.303 e. The standard InChI is InChI=1S/C22H41BrO8Si/c1-13(2)32(14(3)4,15(5)6)28-12-18-20(29-16(7)24)21(30-17(8)25)19(26)22(31-18)27-11-9-10-23/h13-15,18-22,26H,9-12H2,1-8H3/t18-,19-,20+,21-,22-/m1/s1. The van der Waals surface area contributed by atoms with Gasteiger partial charge in [-0.2, -0.15) is 0 Å². The smallest absolute Gasteiger partial charge is 0.303 e. The molecule has 0 aromatic heterocycles. The number of ether oxygens (including phenoxy) is 4. The van der Waals surface area contributed by atoms with Gasteiger partial charge in [0.1, 0.15) is 12.2 Å². The maximum atomic E-state index is 11.8. The van der Waals surface area contributed by atoms with Crippen LogP contribution in [0.4, 0.5) is 0 Å². The van der Waals surface area contributed by atoms with Gasteiger partial charge in [-0.3, -0.25) is 9.59 Å². The van der Waals surface area contributed by atoms with E-state index >= 15 is 0 Å². The lowest BCUT2D eigenvalue weighted by atomic mass is 9.98. The van der Waals surface area contributed by atoms with Crippen LogP contribution in [0.1, 0.15) is 61.8 Å². The van der Waals surface area contributed by atoms with Crippen LogP contribution in [0.15, 0.2) is 0 Å². The molecule has 1 aliphatic rings. The number of hydrogen-bond acceptors (Lipinski definition) is 8. The molecule has 0 spiro atoms. The maximum absolute atomic E-state index is 11.8. The highest BCUT2D eigenvalue weighted by molar-refractivity contribution is 9.09. The SMILES string of the molecule is CC(=O)O[C@@H]1[C@@H](O)[C@H](OCCCBr)O[C@H](CO[Si](C(C)C)(C(C)C)C(C)C)[C@@H]1OC(C)=O. The number of rotatable bonds is 12. The summed E-state index contributed by atoms with van der Waals surface area (Å²) in [6, 6.07) is 0. The van der Waals surface area contributed by atoms with E-state index in [1.54, 1.807) is 0 Å². The van der Waals surface area contributed by atoms with Crippen molar-refractivity contribution in [2.45, 2.75) is 109 Å². The van der Waals surface area contributed by atoms with Gasteiger partial charge in [0.25, 0.3) is 0 Å². The molecule has 0 aromatic carbocycles. The molecular weight excluding hydrogens is 500 g/mol. The Morgan fingerprint density at radius 3 is 1.91 bits per heavy atom. The lowest BCUT2D eigenvalue weighted by molar-refractivity contribution is -0.304. The molecule has 0 radical (unpaired) electrons. The van der Waals surface area contributed by atoms with Crippen LogP contribution in [0.3, 0.4) is 0 Å². The molecule has 0 aromatic rings. The van der Waals surface area contributed by atoms with E-state index in [4.69, 9.17) is 23.4 Å². The Bertz CT molecular complexity index is 579. The molecule has 1 rings (SSSR count). The summed E-state index contributed by atoms with van der Waals surface area (Å²) in [7, 11) is -2.24. The lowest BCUT2D eigenvalue weighted by Crippen LogP contribution is -2.62. The minimum atomic E-state index is -2.24. The minimum absolute atomic E-state index is 0.140. The fourth-order valence-electron chi connectivity index (χ4n) is 4.81. The van der Waals surface area contributed by atoms with E-state index < -0.39 is 51.0 Å². The molecule has 0 amide bonds. The van der Waals surface area contributed by atoms with Gasteiger partial charge in [0.05, 0.1) is 13.2 Å². The Labute approximate surface area is 201 Å². The van der Waals surface area contributed by atoms with Crippen LogP contribution in [-0.2, 0) is 33.0 Å². The number of aliphatic hydroxyl groups excluding tert-OH is 1. The monoisotopic (exact) mass is 540 g/mol. The van der Waals surface area contributed by atoms with Crippen LogP contribution >= 0.6 is 15.9 Å². The largest absolute Gasteiger partial charge is 0.456 e. The number of esters is 2. The van der Waals surface area contributed by atoms with E-state index in [0.717, 1.165) is 5.33 Å². The first-order chi connectivity index (χ1) is 14.9. The van der Waals surface area contributed by atoms with Crippen molar-refractivity contribution in [1.29, 1.82) is 0 Å². The van der Waals surface area contributed by atoms with E-state index in [1.807, 2.05) is 0 Å². The molecule has 1 heterocycles. The normalized spacial score (nSPS) is 26.6. The van der Waals surface area contributed by atoms with Gasteiger partial charge in [-0.15, -0.1) is 0 Å². The average molecular weight is 542 g/mol. The first-order valence-corrected chi connectivity index (χ1v) is 14.6. The zero-order valence-corrected chi connectivity index (χ0v) is 23.2. The predicted octanol–water partition coefficient (Wildman–Crippen LogP) is 3.93. The van der Waals surface area contributed by atoms with E-state index in [1.165, 1.54) is 13.8 Å². The minimum Gasteiger partial charge on any atom is -0.456 e. The van der Waals surface area contributed by atoms with Gasteiger partial charge in [-0.1, -0.05) is 57.5 Å². The molecule has 0 unspecified atom stereocenters. The molecule has 1 fully saturated rings. The third kappa shape index (κ3) is 7.49. The molecule has 1 aliphatic heterocycles. The molecule has 32 heavy (non-hydrogen) atoms. The topological polar surface area (TPSA) is 101 Å². The second kappa shape index (κ2) is 13.4. The Hall–Kier alpha value is -0.523. The highest BCUT2D eigenvalue weighted by atomic mass is 79.9. The zero-order valence-electron chi connectivity index (χ0n) is 20.6. The van der Waals surface area contributed by atoms with E-state index in [2.05, 4.69) is 57.5 Å². The average Bonchev–Trinajstić information content (AvgIpc) is 2.66. The zero-order chi connectivity index (χ0) is 24.6. The summed E-state index contributed by atoms with van der Waals surface area (Å²) >= 11 is 3.34. The van der Waals surface area contributed by atoms with Crippen molar-refractivity contribution in [3.8, 4) is 0 Å². The summed E-state index contributed by atoms with van der Waals surface area (Å²) in [5.74, 6) is -1.16. The highest BCUT2D eigenvalue weighted by Crippen LogP contribution is 2.43. The van der Waals surface area contributed by atoms with E-state index in [-0.39, 0.29) is 6.61 Å². The van der Waals surface area contributed by atoms with E-state index in [9.17, 15) is 14.7 Å². The number of alkyl halides is 1. The fourth-order valence-corrected chi connectivity index (χ4v) is 10.5. The Balaban J connectivity index is 3.24. The van der Waals surface area contributed by atoms with Crippen LogP contribution in [0.5, 0.6) is 0 Å². The fraction of sp³-hybridized carbons (Fsp3) is 0.909. The number of carbonyl (C=O) groups is 2. The molecule has 10 heteroatoms. The molecule has 1 saturated heterocycles. The second-order valence-corrected chi connectivity index (χ2v) is 15.5. The van der Waals surface area contributed by atoms with Crippen molar-refractivity contribution in [3.63, 3.8) is 0 Å². The van der Waals surface area contributed by atoms with Gasteiger partial charge in [0, 0.05) is 19.2 Å². The van der Waals surface area contributed by atoms with Crippen molar-refractivity contribution in [3.05, 3.63) is 0 Å². The third-order valence-electron chi connectivity index (χ3n) is 5.98. The summed E-state index contributed by atoms with van der Waals surface area (Å²) in [5, 5.41) is 11.5. The van der Waals surface area contributed by atoms with Gasteiger partial charge >= 0.3 is 11.9 Å². The first-order valence-electron chi connectivity index (χ1n) is 11.4. The van der Waals surface area contributed by atoms with Gasteiger partial charge in [0.15, 0.2) is 26.8 Å². The number of hydrogen-bond donors (Lipinski definition) is 1. The predicted molar refractivity (Wildman–Crippen MR) is 127 cm³/mol. The van der Waals surface area contributed by atoms with Gasteiger partial charge in [0.2, 0.25) is 0 Å². The first kappa shape index (κ1) is 29.5. The van der Waals surface area contributed by atoms with Gasteiger partial charge in [-0.25, -0.2) is 0 Å².